The van der Waals surface area contributed by atoms with Crippen LogP contribution in [-0.4, -0.2) is 4.57 Å². The van der Waals surface area contributed by atoms with Crippen molar-refractivity contribution in [3.63, 3.8) is 0 Å². The van der Waals surface area contributed by atoms with E-state index in [0.717, 1.165) is 13.0 Å². The lowest BCUT2D eigenvalue weighted by Gasteiger charge is -2.14. The first-order valence-corrected chi connectivity index (χ1v) is 9.18. The van der Waals surface area contributed by atoms with Crippen LogP contribution in [0.25, 0.3) is 22.4 Å². The molecule has 0 radical (unpaired) electrons. The van der Waals surface area contributed by atoms with Gasteiger partial charge in [-0.15, -0.1) is 0 Å². The third kappa shape index (κ3) is 3.34. The summed E-state index contributed by atoms with van der Waals surface area (Å²) in [5.74, 6) is 0. The number of aromatic nitrogens is 1. The Kier molecular flexibility index (Phi) is 4.70. The fourth-order valence-electron chi connectivity index (χ4n) is 3.60. The molecule has 1 heterocycles. The van der Waals surface area contributed by atoms with E-state index in [-0.39, 0.29) is 0 Å². The molecule has 0 saturated heterocycles. The van der Waals surface area contributed by atoms with E-state index in [4.69, 9.17) is 0 Å². The molecule has 3 aromatic carbocycles. The summed E-state index contributed by atoms with van der Waals surface area (Å²) in [5.41, 5.74) is 7.84. The maximum atomic E-state index is 2.46. The second-order valence-electron chi connectivity index (χ2n) is 6.67. The molecule has 0 aliphatic heterocycles. The van der Waals surface area contributed by atoms with E-state index in [2.05, 4.69) is 109 Å². The Balaban J connectivity index is 1.79. The molecule has 0 aliphatic rings. The number of aryl methyl sites for hydroxylation is 2. The highest BCUT2D eigenvalue weighted by molar-refractivity contribution is 5.82. The molecular formula is C25H23N. The quantitative estimate of drug-likeness (QED) is 0.398. The Hall–Kier alpha value is -3.06. The van der Waals surface area contributed by atoms with Crippen molar-refractivity contribution in [1.29, 1.82) is 0 Å². The zero-order chi connectivity index (χ0) is 17.8. The molecule has 0 amide bonds. The number of hydrogen-bond acceptors (Lipinski definition) is 0. The number of hydrogen-bond donors (Lipinski definition) is 0. The standard InChI is InChI=1S/C25H23N/c1-20-19-24(22-13-7-3-8-14-22)25(23-15-9-4-10-16-23)26(20)18-17-21-11-5-2-6-12-21/h2-16,19H,17-18H2,1H3. The summed E-state index contributed by atoms with van der Waals surface area (Å²) in [7, 11) is 0. The molecule has 0 fully saturated rings. The SMILES string of the molecule is Cc1cc(-c2ccccc2)c(-c2ccccc2)n1CCc1ccccc1. The molecular weight excluding hydrogens is 314 g/mol. The second-order valence-corrected chi connectivity index (χ2v) is 6.67. The summed E-state index contributed by atoms with van der Waals surface area (Å²) in [6.07, 6.45) is 1.03. The summed E-state index contributed by atoms with van der Waals surface area (Å²) < 4.78 is 2.46. The highest BCUT2D eigenvalue weighted by Gasteiger charge is 2.15. The van der Waals surface area contributed by atoms with E-state index in [0.29, 0.717) is 0 Å². The van der Waals surface area contributed by atoms with Gasteiger partial charge in [0.2, 0.25) is 0 Å². The monoisotopic (exact) mass is 337 g/mol. The van der Waals surface area contributed by atoms with Gasteiger partial charge in [-0.05, 0) is 36.1 Å². The van der Waals surface area contributed by atoms with Crippen molar-refractivity contribution in [3.05, 3.63) is 108 Å². The molecule has 1 nitrogen and oxygen atoms in total. The molecule has 4 rings (SSSR count). The van der Waals surface area contributed by atoms with Crippen LogP contribution in [0.2, 0.25) is 0 Å². The predicted molar refractivity (Wildman–Crippen MR) is 110 cm³/mol. The van der Waals surface area contributed by atoms with E-state index in [1.54, 1.807) is 0 Å². The largest absolute Gasteiger partial charge is 0.344 e. The Labute approximate surface area is 155 Å². The highest BCUT2D eigenvalue weighted by atomic mass is 15.0. The Morgan fingerprint density at radius 3 is 1.81 bits per heavy atom. The summed E-state index contributed by atoms with van der Waals surface area (Å²) in [4.78, 5) is 0. The van der Waals surface area contributed by atoms with Crippen LogP contribution >= 0.6 is 0 Å². The zero-order valence-corrected chi connectivity index (χ0v) is 15.1. The van der Waals surface area contributed by atoms with Gasteiger partial charge in [0.05, 0.1) is 5.69 Å². The van der Waals surface area contributed by atoms with Crippen LogP contribution in [-0.2, 0) is 13.0 Å². The first-order valence-electron chi connectivity index (χ1n) is 9.18. The van der Waals surface area contributed by atoms with Crippen LogP contribution in [0, 0.1) is 6.92 Å². The van der Waals surface area contributed by atoms with E-state index in [1.165, 1.54) is 33.6 Å². The summed E-state index contributed by atoms with van der Waals surface area (Å²) >= 11 is 0. The predicted octanol–water partition coefficient (Wildman–Crippen LogP) is 6.37. The van der Waals surface area contributed by atoms with E-state index in [9.17, 15) is 0 Å². The van der Waals surface area contributed by atoms with Crippen molar-refractivity contribution < 1.29 is 0 Å². The minimum atomic E-state index is 0.979. The van der Waals surface area contributed by atoms with Crippen molar-refractivity contribution in [3.8, 4) is 22.4 Å². The summed E-state index contributed by atoms with van der Waals surface area (Å²) in [6.45, 7) is 3.19. The lowest BCUT2D eigenvalue weighted by molar-refractivity contribution is 0.688. The van der Waals surface area contributed by atoms with Crippen molar-refractivity contribution >= 4 is 0 Å². The van der Waals surface area contributed by atoms with Crippen molar-refractivity contribution in [2.75, 3.05) is 0 Å². The van der Waals surface area contributed by atoms with Gasteiger partial charge in [0.1, 0.15) is 0 Å². The molecule has 0 unspecified atom stereocenters. The molecule has 26 heavy (non-hydrogen) atoms. The van der Waals surface area contributed by atoms with Crippen molar-refractivity contribution in [2.45, 2.75) is 19.9 Å². The molecule has 0 saturated carbocycles. The summed E-state index contributed by atoms with van der Waals surface area (Å²) in [5, 5.41) is 0. The normalized spacial score (nSPS) is 10.8. The van der Waals surface area contributed by atoms with Gasteiger partial charge in [0.25, 0.3) is 0 Å². The molecule has 1 heteroatoms. The minimum absolute atomic E-state index is 0.979. The Bertz CT molecular complexity index is 967. The van der Waals surface area contributed by atoms with Crippen LogP contribution in [0.15, 0.2) is 97.1 Å². The zero-order valence-electron chi connectivity index (χ0n) is 15.1. The second kappa shape index (κ2) is 7.45. The first-order chi connectivity index (χ1) is 12.8. The first kappa shape index (κ1) is 16.4. The van der Waals surface area contributed by atoms with Gasteiger partial charge in [-0.1, -0.05) is 91.0 Å². The molecule has 0 atom stereocenters. The van der Waals surface area contributed by atoms with E-state index < -0.39 is 0 Å². The minimum Gasteiger partial charge on any atom is -0.344 e. The maximum absolute atomic E-state index is 2.46. The Morgan fingerprint density at radius 2 is 1.19 bits per heavy atom. The van der Waals surface area contributed by atoms with Crippen LogP contribution in [0.1, 0.15) is 11.3 Å². The van der Waals surface area contributed by atoms with Gasteiger partial charge in [-0.3, -0.25) is 0 Å². The number of nitrogens with zero attached hydrogens (tertiary/aromatic N) is 1. The van der Waals surface area contributed by atoms with Crippen LogP contribution in [0.4, 0.5) is 0 Å². The average Bonchev–Trinajstić information content (AvgIpc) is 3.05. The van der Waals surface area contributed by atoms with Crippen molar-refractivity contribution in [1.82, 2.24) is 4.57 Å². The third-order valence-electron chi connectivity index (χ3n) is 4.90. The van der Waals surface area contributed by atoms with E-state index >= 15 is 0 Å². The molecule has 0 N–H and O–H groups in total. The summed E-state index contributed by atoms with van der Waals surface area (Å²) in [6, 6.07) is 34.5. The smallest absolute Gasteiger partial charge is 0.0562 e. The van der Waals surface area contributed by atoms with Gasteiger partial charge in [-0.25, -0.2) is 0 Å². The fourth-order valence-corrected chi connectivity index (χ4v) is 3.60. The Morgan fingerprint density at radius 1 is 0.654 bits per heavy atom. The molecule has 4 aromatic rings. The highest BCUT2D eigenvalue weighted by Crippen LogP contribution is 2.35. The van der Waals surface area contributed by atoms with Crippen LogP contribution < -0.4 is 0 Å². The number of rotatable bonds is 5. The molecule has 0 bridgehead atoms. The van der Waals surface area contributed by atoms with Crippen LogP contribution in [0.5, 0.6) is 0 Å². The average molecular weight is 337 g/mol. The number of benzene rings is 3. The fraction of sp³-hybridized carbons (Fsp3) is 0.120. The third-order valence-corrected chi connectivity index (χ3v) is 4.90. The van der Waals surface area contributed by atoms with Gasteiger partial charge in [0.15, 0.2) is 0 Å². The van der Waals surface area contributed by atoms with Gasteiger partial charge >= 0.3 is 0 Å². The molecule has 0 spiro atoms. The van der Waals surface area contributed by atoms with Gasteiger partial charge < -0.3 is 4.57 Å². The van der Waals surface area contributed by atoms with Gasteiger partial charge in [-0.2, -0.15) is 0 Å². The maximum Gasteiger partial charge on any atom is 0.0562 e. The molecule has 1 aromatic heterocycles. The van der Waals surface area contributed by atoms with Gasteiger partial charge in [0, 0.05) is 17.8 Å². The molecule has 0 aliphatic carbocycles. The van der Waals surface area contributed by atoms with Crippen molar-refractivity contribution in [2.24, 2.45) is 0 Å². The molecule has 128 valence electrons. The van der Waals surface area contributed by atoms with E-state index in [1.807, 2.05) is 0 Å². The topological polar surface area (TPSA) is 4.93 Å². The lowest BCUT2D eigenvalue weighted by Crippen LogP contribution is -2.05. The lowest BCUT2D eigenvalue weighted by atomic mass is 10.0. The van der Waals surface area contributed by atoms with Crippen LogP contribution in [0.3, 0.4) is 0 Å².